The van der Waals surface area contributed by atoms with E-state index in [1.165, 1.54) is 103 Å². The molecule has 0 spiro atoms. The molecule has 1 aliphatic rings. The summed E-state index contributed by atoms with van der Waals surface area (Å²) >= 11 is 0. The van der Waals surface area contributed by atoms with Crippen LogP contribution < -0.4 is 0 Å². The van der Waals surface area contributed by atoms with E-state index < -0.39 is 0 Å². The number of allylic oxidation sites excluding steroid dienone is 4. The summed E-state index contributed by atoms with van der Waals surface area (Å²) in [5.74, 6) is 0. The van der Waals surface area contributed by atoms with E-state index in [1.807, 2.05) is 0 Å². The van der Waals surface area contributed by atoms with Gasteiger partial charge in [0, 0.05) is 13.2 Å². The van der Waals surface area contributed by atoms with Crippen LogP contribution >= 0.6 is 0 Å². The first-order valence-corrected chi connectivity index (χ1v) is 15.0. The first-order chi connectivity index (χ1) is 16.8. The highest BCUT2D eigenvalue weighted by Crippen LogP contribution is 2.16. The second-order valence-electron chi connectivity index (χ2n) is 10.3. The Kier molecular flexibility index (Phi) is 23.5. The minimum absolute atomic E-state index is 0.0588. The summed E-state index contributed by atoms with van der Waals surface area (Å²) in [6.07, 6.45) is 36.1. The number of hydrogen-bond donors (Lipinski definition) is 1. The van der Waals surface area contributed by atoms with Crippen LogP contribution in [0.2, 0.25) is 0 Å². The van der Waals surface area contributed by atoms with Crippen LogP contribution in [0.4, 0.5) is 0 Å². The lowest BCUT2D eigenvalue weighted by Crippen LogP contribution is -2.22. The lowest BCUT2D eigenvalue weighted by molar-refractivity contribution is -0.162. The number of rotatable bonds is 24. The first-order valence-electron chi connectivity index (χ1n) is 15.0. The zero-order valence-electron chi connectivity index (χ0n) is 22.7. The van der Waals surface area contributed by atoms with Crippen molar-refractivity contribution in [1.29, 1.82) is 0 Å². The molecule has 2 unspecified atom stereocenters. The van der Waals surface area contributed by atoms with E-state index >= 15 is 0 Å². The third-order valence-electron chi connectivity index (χ3n) is 6.86. The first kappa shape index (κ1) is 31.4. The summed E-state index contributed by atoms with van der Waals surface area (Å²) in [4.78, 5) is 0. The van der Waals surface area contributed by atoms with Crippen LogP contribution in [-0.4, -0.2) is 30.7 Å². The summed E-state index contributed by atoms with van der Waals surface area (Å²) in [6, 6.07) is 0. The van der Waals surface area contributed by atoms with Crippen LogP contribution in [0.15, 0.2) is 24.3 Å². The highest BCUT2D eigenvalue weighted by atomic mass is 16.7. The average molecular weight is 479 g/mol. The Morgan fingerprint density at radius 3 is 1.94 bits per heavy atom. The maximum atomic E-state index is 10.2. The lowest BCUT2D eigenvalue weighted by Gasteiger charge is -2.22. The minimum atomic E-state index is -0.0855. The van der Waals surface area contributed by atoms with E-state index in [1.54, 1.807) is 0 Å². The maximum absolute atomic E-state index is 10.2. The van der Waals surface area contributed by atoms with Crippen molar-refractivity contribution in [3.63, 3.8) is 0 Å². The maximum Gasteiger partial charge on any atom is 0.157 e. The van der Waals surface area contributed by atoms with E-state index in [4.69, 9.17) is 9.47 Å². The average Bonchev–Trinajstić information content (AvgIpc) is 2.86. The Morgan fingerprint density at radius 1 is 0.735 bits per heavy atom. The van der Waals surface area contributed by atoms with Crippen LogP contribution in [0, 0.1) is 0 Å². The van der Waals surface area contributed by atoms with Gasteiger partial charge in [0.2, 0.25) is 0 Å². The van der Waals surface area contributed by atoms with Crippen molar-refractivity contribution in [3.05, 3.63) is 24.3 Å². The summed E-state index contributed by atoms with van der Waals surface area (Å²) in [6.45, 7) is 3.96. The number of aliphatic hydroxyl groups is 1. The highest BCUT2D eigenvalue weighted by Gasteiger charge is 2.13. The number of hydrogen-bond acceptors (Lipinski definition) is 3. The smallest absolute Gasteiger partial charge is 0.157 e. The Labute approximate surface area is 212 Å². The Morgan fingerprint density at radius 2 is 1.32 bits per heavy atom. The summed E-state index contributed by atoms with van der Waals surface area (Å²) in [5.41, 5.74) is 0. The van der Waals surface area contributed by atoms with Crippen LogP contribution in [0.25, 0.3) is 0 Å². The van der Waals surface area contributed by atoms with Gasteiger partial charge in [0.25, 0.3) is 0 Å². The molecule has 0 bridgehead atoms. The second-order valence-corrected chi connectivity index (χ2v) is 10.3. The predicted octanol–water partition coefficient (Wildman–Crippen LogP) is 9.43. The zero-order valence-corrected chi connectivity index (χ0v) is 22.7. The van der Waals surface area contributed by atoms with Crippen molar-refractivity contribution in [3.8, 4) is 0 Å². The molecule has 0 aromatic heterocycles. The molecule has 0 aliphatic carbocycles. The molecule has 1 heterocycles. The molecule has 1 rings (SSSR count). The largest absolute Gasteiger partial charge is 0.393 e. The molecule has 200 valence electrons. The fourth-order valence-corrected chi connectivity index (χ4v) is 4.58. The standard InChI is InChI=1S/C31H58O3/c1-2-3-4-5-6-7-8-9-10-11-12-13-14-15-17-20-25-30(32)26-21-18-16-19-23-28-33-31-27-22-24-29-34-31/h6-7,9-10,30-32H,2-5,8,11-29H2,1H3/b7-6-,10-9-. The third-order valence-corrected chi connectivity index (χ3v) is 6.86. The van der Waals surface area contributed by atoms with Gasteiger partial charge in [-0.15, -0.1) is 0 Å². The molecule has 0 radical (unpaired) electrons. The molecule has 0 amide bonds. The van der Waals surface area contributed by atoms with E-state index in [0.717, 1.165) is 51.7 Å². The topological polar surface area (TPSA) is 38.7 Å². The molecular formula is C31H58O3. The van der Waals surface area contributed by atoms with Crippen LogP contribution in [0.1, 0.15) is 148 Å². The quantitative estimate of drug-likeness (QED) is 0.111. The van der Waals surface area contributed by atoms with Gasteiger partial charge in [-0.2, -0.15) is 0 Å². The fraction of sp³-hybridized carbons (Fsp3) is 0.871. The van der Waals surface area contributed by atoms with Crippen molar-refractivity contribution >= 4 is 0 Å². The van der Waals surface area contributed by atoms with Crippen molar-refractivity contribution < 1.29 is 14.6 Å². The number of aliphatic hydroxyl groups excluding tert-OH is 1. The zero-order chi connectivity index (χ0) is 24.4. The molecule has 3 heteroatoms. The van der Waals surface area contributed by atoms with E-state index in [9.17, 15) is 5.11 Å². The van der Waals surface area contributed by atoms with Gasteiger partial charge in [-0.1, -0.05) is 102 Å². The van der Waals surface area contributed by atoms with Crippen molar-refractivity contribution in [1.82, 2.24) is 0 Å². The molecule has 1 fully saturated rings. The summed E-state index contributed by atoms with van der Waals surface area (Å²) in [5, 5.41) is 10.2. The molecule has 0 aromatic rings. The molecule has 1 aliphatic heterocycles. The van der Waals surface area contributed by atoms with Crippen LogP contribution in [0.5, 0.6) is 0 Å². The lowest BCUT2D eigenvalue weighted by atomic mass is 10.0. The third kappa shape index (κ3) is 21.9. The van der Waals surface area contributed by atoms with Gasteiger partial charge >= 0.3 is 0 Å². The Bertz CT molecular complexity index is 454. The van der Waals surface area contributed by atoms with Crippen molar-refractivity contribution in [2.24, 2.45) is 0 Å². The second kappa shape index (κ2) is 25.5. The molecular weight excluding hydrogens is 420 g/mol. The molecule has 3 nitrogen and oxygen atoms in total. The predicted molar refractivity (Wildman–Crippen MR) is 147 cm³/mol. The monoisotopic (exact) mass is 478 g/mol. The number of ether oxygens (including phenoxy) is 2. The number of unbranched alkanes of at least 4 members (excludes halogenated alkanes) is 13. The van der Waals surface area contributed by atoms with Gasteiger partial charge < -0.3 is 14.6 Å². The van der Waals surface area contributed by atoms with Gasteiger partial charge in [0.05, 0.1) is 6.10 Å². The van der Waals surface area contributed by atoms with Crippen LogP contribution in [-0.2, 0) is 9.47 Å². The SMILES string of the molecule is CCCCC/C=C\C/C=C\CCCCCCCCC(O)CCCCCCCOC1CCCCO1. The van der Waals surface area contributed by atoms with Gasteiger partial charge in [0.15, 0.2) is 6.29 Å². The van der Waals surface area contributed by atoms with Crippen LogP contribution in [0.3, 0.4) is 0 Å². The van der Waals surface area contributed by atoms with Crippen molar-refractivity contribution in [2.75, 3.05) is 13.2 Å². The van der Waals surface area contributed by atoms with Gasteiger partial charge in [0.1, 0.15) is 0 Å². The summed E-state index contributed by atoms with van der Waals surface area (Å²) < 4.78 is 11.4. The molecule has 0 aromatic carbocycles. The minimum Gasteiger partial charge on any atom is -0.393 e. The van der Waals surface area contributed by atoms with Gasteiger partial charge in [-0.3, -0.25) is 0 Å². The molecule has 1 saturated heterocycles. The van der Waals surface area contributed by atoms with Gasteiger partial charge in [-0.05, 0) is 70.6 Å². The molecule has 2 atom stereocenters. The van der Waals surface area contributed by atoms with E-state index in [0.29, 0.717) is 0 Å². The van der Waals surface area contributed by atoms with Crippen molar-refractivity contribution in [2.45, 2.75) is 161 Å². The molecule has 0 saturated carbocycles. The fourth-order valence-electron chi connectivity index (χ4n) is 4.58. The normalized spacial score (nSPS) is 17.8. The Balaban J connectivity index is 1.74. The van der Waals surface area contributed by atoms with E-state index in [2.05, 4.69) is 31.2 Å². The van der Waals surface area contributed by atoms with Gasteiger partial charge in [-0.25, -0.2) is 0 Å². The highest BCUT2D eigenvalue weighted by molar-refractivity contribution is 4.92. The molecule has 1 N–H and O–H groups in total. The molecule has 34 heavy (non-hydrogen) atoms. The Hall–Kier alpha value is -0.640. The van der Waals surface area contributed by atoms with E-state index in [-0.39, 0.29) is 12.4 Å². The summed E-state index contributed by atoms with van der Waals surface area (Å²) in [7, 11) is 0.